The van der Waals surface area contributed by atoms with Gasteiger partial charge in [0, 0.05) is 12.6 Å². The number of aliphatic carboxylic acids is 1. The van der Waals surface area contributed by atoms with Crippen LogP contribution in [0.15, 0.2) is 24.3 Å². The van der Waals surface area contributed by atoms with E-state index in [0.29, 0.717) is 6.54 Å². The van der Waals surface area contributed by atoms with Gasteiger partial charge in [0.25, 0.3) is 0 Å². The number of amides is 1. The van der Waals surface area contributed by atoms with Crippen molar-refractivity contribution in [3.05, 3.63) is 41.0 Å². The number of hydrogen-bond acceptors (Lipinski definition) is 3. The van der Waals surface area contributed by atoms with Crippen LogP contribution in [-0.4, -0.2) is 22.8 Å². The van der Waals surface area contributed by atoms with Gasteiger partial charge < -0.3 is 15.2 Å². The molecule has 1 aromatic carbocycles. The van der Waals surface area contributed by atoms with Gasteiger partial charge >= 0.3 is 12.1 Å². The number of carboxylic acids is 1. The molecule has 5 nitrogen and oxygen atoms in total. The first-order valence-corrected chi connectivity index (χ1v) is 6.65. The first-order valence-electron chi connectivity index (χ1n) is 6.65. The highest BCUT2D eigenvalue weighted by Crippen LogP contribution is 2.13. The Bertz CT molecular complexity index is 556. The zero-order chi connectivity index (χ0) is 16.0. The van der Waals surface area contributed by atoms with E-state index in [1.807, 2.05) is 19.1 Å². The van der Waals surface area contributed by atoms with Gasteiger partial charge in [-0.05, 0) is 50.5 Å². The quantitative estimate of drug-likeness (QED) is 0.836. The molecule has 1 amide bonds. The SMILES string of the molecule is Cc1cc(C=CC(=O)O)ccc1CNC(=O)OC(C)(C)C. The molecule has 0 aromatic heterocycles. The third-order valence-corrected chi connectivity index (χ3v) is 2.61. The molecule has 0 bridgehead atoms. The van der Waals surface area contributed by atoms with Crippen molar-refractivity contribution in [1.82, 2.24) is 5.32 Å². The predicted octanol–water partition coefficient (Wildman–Crippen LogP) is 3.12. The zero-order valence-corrected chi connectivity index (χ0v) is 12.8. The number of benzene rings is 1. The highest BCUT2D eigenvalue weighted by atomic mass is 16.6. The predicted molar refractivity (Wildman–Crippen MR) is 80.9 cm³/mol. The Labute approximate surface area is 124 Å². The van der Waals surface area contributed by atoms with Gasteiger partial charge in [0.1, 0.15) is 5.60 Å². The summed E-state index contributed by atoms with van der Waals surface area (Å²) in [7, 11) is 0. The Balaban J connectivity index is 2.65. The van der Waals surface area contributed by atoms with Crippen molar-refractivity contribution < 1.29 is 19.4 Å². The van der Waals surface area contributed by atoms with E-state index in [-0.39, 0.29) is 0 Å². The van der Waals surface area contributed by atoms with Crippen LogP contribution in [0.1, 0.15) is 37.5 Å². The number of carbonyl (C=O) groups excluding carboxylic acids is 1. The van der Waals surface area contributed by atoms with E-state index in [1.165, 1.54) is 6.08 Å². The van der Waals surface area contributed by atoms with E-state index >= 15 is 0 Å². The van der Waals surface area contributed by atoms with Gasteiger partial charge in [-0.2, -0.15) is 0 Å². The van der Waals surface area contributed by atoms with Crippen molar-refractivity contribution in [1.29, 1.82) is 0 Å². The van der Waals surface area contributed by atoms with Crippen LogP contribution in [0.4, 0.5) is 4.79 Å². The summed E-state index contributed by atoms with van der Waals surface area (Å²) in [5.74, 6) is -0.983. The Morgan fingerprint density at radius 3 is 2.52 bits per heavy atom. The third-order valence-electron chi connectivity index (χ3n) is 2.61. The molecule has 0 fully saturated rings. The van der Waals surface area contributed by atoms with Gasteiger partial charge in [-0.1, -0.05) is 18.2 Å². The lowest BCUT2D eigenvalue weighted by Crippen LogP contribution is -2.32. The number of hydrogen-bond donors (Lipinski definition) is 2. The Morgan fingerprint density at radius 2 is 2.00 bits per heavy atom. The average molecular weight is 291 g/mol. The fourth-order valence-corrected chi connectivity index (χ4v) is 1.67. The number of carbonyl (C=O) groups is 2. The minimum Gasteiger partial charge on any atom is -0.478 e. The summed E-state index contributed by atoms with van der Waals surface area (Å²) in [4.78, 5) is 22.0. The lowest BCUT2D eigenvalue weighted by atomic mass is 10.0. The normalized spacial score (nSPS) is 11.4. The average Bonchev–Trinajstić information content (AvgIpc) is 2.33. The van der Waals surface area contributed by atoms with Crippen molar-refractivity contribution >= 4 is 18.1 Å². The van der Waals surface area contributed by atoms with Gasteiger partial charge in [-0.3, -0.25) is 0 Å². The second-order valence-corrected chi connectivity index (χ2v) is 5.71. The van der Waals surface area contributed by atoms with Crippen molar-refractivity contribution in [3.63, 3.8) is 0 Å². The molecule has 2 N–H and O–H groups in total. The number of aryl methyl sites for hydroxylation is 1. The summed E-state index contributed by atoms with van der Waals surface area (Å²) < 4.78 is 5.16. The van der Waals surface area contributed by atoms with Gasteiger partial charge in [0.2, 0.25) is 0 Å². The first-order chi connectivity index (χ1) is 9.67. The van der Waals surface area contributed by atoms with Gasteiger partial charge in [-0.25, -0.2) is 9.59 Å². The van der Waals surface area contributed by atoms with Crippen molar-refractivity contribution in [2.75, 3.05) is 0 Å². The molecule has 0 radical (unpaired) electrons. The van der Waals surface area contributed by atoms with Crippen molar-refractivity contribution in [2.24, 2.45) is 0 Å². The molecule has 5 heteroatoms. The molecule has 0 aliphatic carbocycles. The molecular formula is C16H21NO4. The highest BCUT2D eigenvalue weighted by Gasteiger charge is 2.15. The van der Waals surface area contributed by atoms with Crippen LogP contribution in [0.2, 0.25) is 0 Å². The molecule has 0 aliphatic heterocycles. The van der Waals surface area contributed by atoms with Gasteiger partial charge in [0.05, 0.1) is 0 Å². The van der Waals surface area contributed by atoms with E-state index in [2.05, 4.69) is 5.32 Å². The number of rotatable bonds is 4. The molecule has 0 aliphatic rings. The van der Waals surface area contributed by atoms with E-state index in [1.54, 1.807) is 26.8 Å². The maximum Gasteiger partial charge on any atom is 0.407 e. The molecule has 0 saturated carbocycles. The van der Waals surface area contributed by atoms with Crippen LogP contribution in [0.3, 0.4) is 0 Å². The minimum atomic E-state index is -0.983. The van der Waals surface area contributed by atoms with Crippen LogP contribution < -0.4 is 5.32 Å². The topological polar surface area (TPSA) is 75.6 Å². The molecule has 0 spiro atoms. The van der Waals surface area contributed by atoms with Gasteiger partial charge in [-0.15, -0.1) is 0 Å². The lowest BCUT2D eigenvalue weighted by molar-refractivity contribution is -0.131. The zero-order valence-electron chi connectivity index (χ0n) is 12.8. The van der Waals surface area contributed by atoms with Crippen LogP contribution in [0.25, 0.3) is 6.08 Å². The van der Waals surface area contributed by atoms with E-state index in [9.17, 15) is 9.59 Å². The standard InChI is InChI=1S/C16H21NO4/c1-11-9-12(6-8-14(18)19)5-7-13(11)10-17-15(20)21-16(2,3)4/h5-9H,10H2,1-4H3,(H,17,20)(H,18,19). The fourth-order valence-electron chi connectivity index (χ4n) is 1.67. The minimum absolute atomic E-state index is 0.365. The molecule has 114 valence electrons. The molecule has 21 heavy (non-hydrogen) atoms. The third kappa shape index (κ3) is 6.61. The summed E-state index contributed by atoms with van der Waals surface area (Å²) in [5, 5.41) is 11.3. The van der Waals surface area contributed by atoms with Crippen LogP contribution in [-0.2, 0) is 16.1 Å². The molecule has 0 unspecified atom stereocenters. The lowest BCUT2D eigenvalue weighted by Gasteiger charge is -2.20. The number of alkyl carbamates (subject to hydrolysis) is 1. The second-order valence-electron chi connectivity index (χ2n) is 5.71. The maximum absolute atomic E-state index is 11.6. The summed E-state index contributed by atoms with van der Waals surface area (Å²) in [5.41, 5.74) is 2.20. The van der Waals surface area contributed by atoms with E-state index in [4.69, 9.17) is 9.84 Å². The Hall–Kier alpha value is -2.30. The number of carboxylic acid groups (broad SMARTS) is 1. The molecule has 0 atom stereocenters. The maximum atomic E-state index is 11.6. The molecule has 0 heterocycles. The molecule has 0 saturated heterocycles. The monoisotopic (exact) mass is 291 g/mol. The largest absolute Gasteiger partial charge is 0.478 e. The van der Waals surface area contributed by atoms with Gasteiger partial charge in [0.15, 0.2) is 0 Å². The highest BCUT2D eigenvalue weighted by molar-refractivity contribution is 5.85. The van der Waals surface area contributed by atoms with Crippen LogP contribution in [0, 0.1) is 6.92 Å². The van der Waals surface area contributed by atoms with Crippen molar-refractivity contribution in [3.8, 4) is 0 Å². The van der Waals surface area contributed by atoms with E-state index < -0.39 is 17.7 Å². The number of ether oxygens (including phenoxy) is 1. The Kier molecular flexibility index (Phi) is 5.52. The summed E-state index contributed by atoms with van der Waals surface area (Å²) in [6.45, 7) is 7.69. The number of nitrogens with one attached hydrogen (secondary N) is 1. The van der Waals surface area contributed by atoms with E-state index in [0.717, 1.165) is 22.8 Å². The first kappa shape index (κ1) is 16.8. The van der Waals surface area contributed by atoms with Crippen LogP contribution in [0.5, 0.6) is 0 Å². The molecular weight excluding hydrogens is 270 g/mol. The summed E-state index contributed by atoms with van der Waals surface area (Å²) in [6, 6.07) is 5.53. The fraction of sp³-hybridized carbons (Fsp3) is 0.375. The van der Waals surface area contributed by atoms with Crippen molar-refractivity contribution in [2.45, 2.75) is 39.8 Å². The molecule has 1 rings (SSSR count). The Morgan fingerprint density at radius 1 is 1.33 bits per heavy atom. The summed E-state index contributed by atoms with van der Waals surface area (Å²) in [6.07, 6.45) is 2.16. The molecule has 1 aromatic rings. The van der Waals surface area contributed by atoms with Crippen LogP contribution >= 0.6 is 0 Å². The second kappa shape index (κ2) is 6.92. The summed E-state index contributed by atoms with van der Waals surface area (Å²) >= 11 is 0. The smallest absolute Gasteiger partial charge is 0.407 e.